The van der Waals surface area contributed by atoms with Crippen LogP contribution < -0.4 is 11.5 Å². The van der Waals surface area contributed by atoms with Gasteiger partial charge in [-0.15, -0.1) is 0 Å². The Hall–Kier alpha value is -2.86. The SMILES string of the molecule is NCC(=O)N(CC(=O)O)C(=O)CCC(=O)N(CC(=O)O)C(=O)CN. The van der Waals surface area contributed by atoms with Crippen LogP contribution in [0.5, 0.6) is 0 Å². The molecular formula is C12H18N4O8. The highest BCUT2D eigenvalue weighted by Gasteiger charge is 2.26. The summed E-state index contributed by atoms with van der Waals surface area (Å²) in [6.07, 6.45) is -1.21. The fraction of sp³-hybridized carbons (Fsp3) is 0.500. The number of carboxylic acids is 2. The molecule has 0 saturated heterocycles. The van der Waals surface area contributed by atoms with Crippen molar-refractivity contribution in [2.24, 2.45) is 11.5 Å². The molecule has 6 N–H and O–H groups in total. The van der Waals surface area contributed by atoms with E-state index in [0.717, 1.165) is 0 Å². The number of imide groups is 2. The van der Waals surface area contributed by atoms with E-state index in [1.165, 1.54) is 0 Å². The number of carboxylic acid groups (broad SMARTS) is 2. The number of aliphatic carboxylic acids is 2. The third-order valence-corrected chi connectivity index (χ3v) is 2.69. The van der Waals surface area contributed by atoms with Gasteiger partial charge in [0.05, 0.1) is 13.1 Å². The topological polar surface area (TPSA) is 201 Å². The molecule has 4 amide bonds. The summed E-state index contributed by atoms with van der Waals surface area (Å²) >= 11 is 0. The summed E-state index contributed by atoms with van der Waals surface area (Å²) < 4.78 is 0. The predicted molar refractivity (Wildman–Crippen MR) is 76.1 cm³/mol. The van der Waals surface area contributed by atoms with Crippen LogP contribution in [-0.2, 0) is 28.8 Å². The van der Waals surface area contributed by atoms with E-state index in [2.05, 4.69) is 0 Å². The predicted octanol–water partition coefficient (Wildman–Crippen LogP) is -3.44. The Balaban J connectivity index is 4.92. The number of rotatable bonds is 9. The first-order valence-electron chi connectivity index (χ1n) is 6.64. The Kier molecular flexibility index (Phi) is 8.82. The highest BCUT2D eigenvalue weighted by molar-refractivity contribution is 6.02. The summed E-state index contributed by atoms with van der Waals surface area (Å²) in [5.74, 6) is -6.79. The Labute approximate surface area is 136 Å². The standard InChI is InChI=1S/C12H18N4O8/c13-3-9(19)15(5-11(21)22)7(17)1-2-8(18)16(6-12(23)24)10(20)4-14/h1-6,13-14H2,(H,21,22)(H,23,24). The molecule has 0 heterocycles. The van der Waals surface area contributed by atoms with Crippen molar-refractivity contribution >= 4 is 35.6 Å². The Bertz CT molecular complexity index is 499. The quantitative estimate of drug-likeness (QED) is 0.325. The largest absolute Gasteiger partial charge is 0.480 e. The fourth-order valence-electron chi connectivity index (χ4n) is 1.61. The van der Waals surface area contributed by atoms with E-state index >= 15 is 0 Å². The molecule has 0 atom stereocenters. The average molecular weight is 346 g/mol. The van der Waals surface area contributed by atoms with Gasteiger partial charge < -0.3 is 21.7 Å². The number of hydrogen-bond donors (Lipinski definition) is 4. The van der Waals surface area contributed by atoms with Gasteiger partial charge in [0.15, 0.2) is 0 Å². The Morgan fingerprint density at radius 1 is 0.625 bits per heavy atom. The molecule has 12 heteroatoms. The molecule has 0 spiro atoms. The molecule has 12 nitrogen and oxygen atoms in total. The third kappa shape index (κ3) is 6.93. The van der Waals surface area contributed by atoms with E-state index in [9.17, 15) is 28.8 Å². The van der Waals surface area contributed by atoms with Gasteiger partial charge in [-0.1, -0.05) is 0 Å². The second-order valence-electron chi connectivity index (χ2n) is 4.44. The van der Waals surface area contributed by atoms with Crippen molar-refractivity contribution < 1.29 is 39.0 Å². The summed E-state index contributed by atoms with van der Waals surface area (Å²) in [5, 5.41) is 17.3. The molecule has 0 radical (unpaired) electrons. The van der Waals surface area contributed by atoms with E-state index < -0.39 is 74.6 Å². The minimum Gasteiger partial charge on any atom is -0.480 e. The molecule has 0 aromatic rings. The molecule has 0 aliphatic carbocycles. The van der Waals surface area contributed by atoms with Gasteiger partial charge >= 0.3 is 11.9 Å². The molecule has 0 aliphatic rings. The lowest BCUT2D eigenvalue weighted by molar-refractivity contribution is -0.154. The van der Waals surface area contributed by atoms with Crippen LogP contribution in [0.1, 0.15) is 12.8 Å². The molecule has 0 aromatic heterocycles. The maximum atomic E-state index is 11.9. The van der Waals surface area contributed by atoms with Gasteiger partial charge in [0, 0.05) is 12.8 Å². The van der Waals surface area contributed by atoms with E-state index in [0.29, 0.717) is 9.80 Å². The summed E-state index contributed by atoms with van der Waals surface area (Å²) in [6, 6.07) is 0. The van der Waals surface area contributed by atoms with Gasteiger partial charge in [-0.3, -0.25) is 38.6 Å². The molecule has 0 rings (SSSR count). The van der Waals surface area contributed by atoms with Crippen molar-refractivity contribution in [1.82, 2.24) is 9.80 Å². The molecule has 0 aromatic carbocycles. The van der Waals surface area contributed by atoms with Crippen LogP contribution in [0.3, 0.4) is 0 Å². The van der Waals surface area contributed by atoms with Gasteiger partial charge in [0.1, 0.15) is 13.1 Å². The van der Waals surface area contributed by atoms with Gasteiger partial charge in [-0.25, -0.2) is 0 Å². The van der Waals surface area contributed by atoms with Crippen LogP contribution in [0.4, 0.5) is 0 Å². The molecule has 0 aliphatic heterocycles. The number of carbonyl (C=O) groups is 6. The summed E-state index contributed by atoms with van der Waals surface area (Å²) in [7, 11) is 0. The van der Waals surface area contributed by atoms with E-state index in [1.54, 1.807) is 0 Å². The maximum Gasteiger partial charge on any atom is 0.323 e. The van der Waals surface area contributed by atoms with Crippen molar-refractivity contribution in [2.75, 3.05) is 26.2 Å². The summed E-state index contributed by atoms with van der Waals surface area (Å²) in [6.45, 7) is -3.07. The highest BCUT2D eigenvalue weighted by atomic mass is 16.4. The van der Waals surface area contributed by atoms with Gasteiger partial charge in [-0.05, 0) is 0 Å². The lowest BCUT2D eigenvalue weighted by Gasteiger charge is -2.20. The molecular weight excluding hydrogens is 328 g/mol. The lowest BCUT2D eigenvalue weighted by Crippen LogP contribution is -2.45. The minimum absolute atomic E-state index is 0.363. The lowest BCUT2D eigenvalue weighted by atomic mass is 10.2. The van der Waals surface area contributed by atoms with Crippen molar-refractivity contribution in [1.29, 1.82) is 0 Å². The first kappa shape index (κ1) is 21.1. The average Bonchev–Trinajstić information content (AvgIpc) is 2.53. The number of hydrogen-bond acceptors (Lipinski definition) is 8. The first-order chi connectivity index (χ1) is 11.1. The van der Waals surface area contributed by atoms with Crippen LogP contribution in [0.25, 0.3) is 0 Å². The molecule has 0 saturated carbocycles. The van der Waals surface area contributed by atoms with Crippen LogP contribution in [0.2, 0.25) is 0 Å². The van der Waals surface area contributed by atoms with Gasteiger partial charge in [0.25, 0.3) is 0 Å². The monoisotopic (exact) mass is 346 g/mol. The minimum atomic E-state index is -1.46. The fourth-order valence-corrected chi connectivity index (χ4v) is 1.61. The zero-order chi connectivity index (χ0) is 18.9. The molecule has 0 unspecified atom stereocenters. The normalized spacial score (nSPS) is 9.92. The van der Waals surface area contributed by atoms with Crippen molar-refractivity contribution in [3.05, 3.63) is 0 Å². The maximum absolute atomic E-state index is 11.9. The number of nitrogens with zero attached hydrogens (tertiary/aromatic N) is 2. The number of nitrogens with two attached hydrogens (primary N) is 2. The zero-order valence-electron chi connectivity index (χ0n) is 12.6. The third-order valence-electron chi connectivity index (χ3n) is 2.69. The molecule has 24 heavy (non-hydrogen) atoms. The van der Waals surface area contributed by atoms with E-state index in [-0.39, 0.29) is 0 Å². The van der Waals surface area contributed by atoms with E-state index in [4.69, 9.17) is 21.7 Å². The second kappa shape index (κ2) is 10.0. The van der Waals surface area contributed by atoms with Crippen LogP contribution in [0, 0.1) is 0 Å². The van der Waals surface area contributed by atoms with Crippen molar-refractivity contribution in [2.45, 2.75) is 12.8 Å². The van der Waals surface area contributed by atoms with Crippen molar-refractivity contribution in [3.8, 4) is 0 Å². The first-order valence-corrected chi connectivity index (χ1v) is 6.64. The number of carbonyl (C=O) groups excluding carboxylic acids is 4. The van der Waals surface area contributed by atoms with Gasteiger partial charge in [-0.2, -0.15) is 0 Å². The Morgan fingerprint density at radius 3 is 1.12 bits per heavy atom. The highest BCUT2D eigenvalue weighted by Crippen LogP contribution is 2.03. The number of amides is 4. The molecule has 0 fully saturated rings. The molecule has 134 valence electrons. The van der Waals surface area contributed by atoms with E-state index in [1.807, 2.05) is 0 Å². The van der Waals surface area contributed by atoms with Crippen LogP contribution in [0.15, 0.2) is 0 Å². The van der Waals surface area contributed by atoms with Gasteiger partial charge in [0.2, 0.25) is 23.6 Å². The summed E-state index contributed by atoms with van der Waals surface area (Å²) in [4.78, 5) is 68.6. The summed E-state index contributed by atoms with van der Waals surface area (Å²) in [5.41, 5.74) is 10.1. The molecule has 0 bridgehead atoms. The van der Waals surface area contributed by atoms with Crippen molar-refractivity contribution in [3.63, 3.8) is 0 Å². The zero-order valence-corrected chi connectivity index (χ0v) is 12.6. The smallest absolute Gasteiger partial charge is 0.323 e. The second-order valence-corrected chi connectivity index (χ2v) is 4.44. The van der Waals surface area contributed by atoms with Crippen LogP contribution >= 0.6 is 0 Å². The Morgan fingerprint density at radius 2 is 0.917 bits per heavy atom. The van der Waals surface area contributed by atoms with Crippen LogP contribution in [-0.4, -0.2) is 81.8 Å².